The highest BCUT2D eigenvalue weighted by Gasteiger charge is 2.16. The molecule has 0 bridgehead atoms. The number of nitrogens with one attached hydrogen (secondary N) is 2. The molecular weight excluding hydrogens is 358 g/mol. The van der Waals surface area contributed by atoms with Crippen molar-refractivity contribution in [2.75, 3.05) is 37.6 Å². The first-order chi connectivity index (χ1) is 14.3. The molecule has 5 heteroatoms. The molecule has 1 aromatic heterocycles. The number of aromatic amines is 1. The van der Waals surface area contributed by atoms with E-state index in [1.165, 1.54) is 29.3 Å². The number of nitrogens with zero attached hydrogens (tertiary/aromatic N) is 3. The lowest BCUT2D eigenvalue weighted by molar-refractivity contribution is 0.253. The number of aryl methyl sites for hydroxylation is 1. The topological polar surface area (TPSA) is 69.9 Å². The van der Waals surface area contributed by atoms with Gasteiger partial charge in [-0.05, 0) is 67.3 Å². The first-order valence-corrected chi connectivity index (χ1v) is 10.3. The van der Waals surface area contributed by atoms with Crippen LogP contribution in [0, 0.1) is 16.7 Å². The summed E-state index contributed by atoms with van der Waals surface area (Å²) in [6, 6.07) is 16.4. The first-order valence-electron chi connectivity index (χ1n) is 10.3. The third-order valence-electron chi connectivity index (χ3n) is 5.86. The van der Waals surface area contributed by atoms with Gasteiger partial charge in [-0.3, -0.25) is 4.90 Å². The number of anilines is 1. The summed E-state index contributed by atoms with van der Waals surface area (Å²) in [5, 5.41) is 17.6. The van der Waals surface area contributed by atoms with Gasteiger partial charge < -0.3 is 15.3 Å². The fourth-order valence-corrected chi connectivity index (χ4v) is 4.12. The quantitative estimate of drug-likeness (QED) is 0.473. The summed E-state index contributed by atoms with van der Waals surface area (Å²) in [7, 11) is 0. The van der Waals surface area contributed by atoms with Crippen molar-refractivity contribution < 1.29 is 0 Å². The summed E-state index contributed by atoms with van der Waals surface area (Å²) in [6.45, 7) is 5.47. The minimum Gasteiger partial charge on any atom is -0.369 e. The number of benzene rings is 2. The summed E-state index contributed by atoms with van der Waals surface area (Å²) in [5.41, 5.74) is 5.36. The van der Waals surface area contributed by atoms with Crippen molar-refractivity contribution in [2.45, 2.75) is 19.3 Å². The number of rotatable bonds is 7. The summed E-state index contributed by atoms with van der Waals surface area (Å²) in [5.74, 6) is 0. The predicted octanol–water partition coefficient (Wildman–Crippen LogP) is 4.18. The molecule has 3 aromatic rings. The molecule has 0 amide bonds. The number of piperazine rings is 1. The van der Waals surface area contributed by atoms with Crippen molar-refractivity contribution in [1.82, 2.24) is 9.88 Å². The van der Waals surface area contributed by atoms with E-state index < -0.39 is 0 Å². The van der Waals surface area contributed by atoms with E-state index in [1.807, 2.05) is 30.3 Å². The minimum atomic E-state index is 0.726. The van der Waals surface area contributed by atoms with Gasteiger partial charge in [0.25, 0.3) is 0 Å². The highest BCUT2D eigenvalue weighted by Crippen LogP contribution is 2.22. The van der Waals surface area contributed by atoms with Crippen molar-refractivity contribution in [3.63, 3.8) is 0 Å². The van der Waals surface area contributed by atoms with Crippen LogP contribution in [-0.4, -0.2) is 48.8 Å². The molecule has 1 aliphatic rings. The van der Waals surface area contributed by atoms with Crippen LogP contribution < -0.4 is 4.90 Å². The third-order valence-corrected chi connectivity index (χ3v) is 5.86. The molecule has 1 fully saturated rings. The first kappa shape index (κ1) is 19.2. The predicted molar refractivity (Wildman–Crippen MR) is 119 cm³/mol. The second-order valence-corrected chi connectivity index (χ2v) is 7.71. The lowest BCUT2D eigenvalue weighted by atomic mass is 10.1. The van der Waals surface area contributed by atoms with Crippen LogP contribution >= 0.6 is 0 Å². The van der Waals surface area contributed by atoms with Crippen LogP contribution in [0.1, 0.15) is 29.5 Å². The lowest BCUT2D eigenvalue weighted by Gasteiger charge is -2.36. The zero-order chi connectivity index (χ0) is 20.1. The van der Waals surface area contributed by atoms with Gasteiger partial charge in [-0.1, -0.05) is 12.1 Å². The summed E-state index contributed by atoms with van der Waals surface area (Å²) >= 11 is 0. The monoisotopic (exact) mass is 385 g/mol. The number of hydrogen-bond acceptors (Lipinski definition) is 4. The van der Waals surface area contributed by atoms with Crippen LogP contribution in [0.4, 0.5) is 5.69 Å². The molecular formula is C24H27N5. The second kappa shape index (κ2) is 8.93. The normalized spacial score (nSPS) is 14.8. The molecule has 4 rings (SSSR count). The van der Waals surface area contributed by atoms with Gasteiger partial charge in [0.05, 0.1) is 11.6 Å². The number of unbranched alkanes of at least 4 members (excludes halogenated alkanes) is 1. The number of H-pyrrole nitrogens is 1. The van der Waals surface area contributed by atoms with Crippen LogP contribution in [0.5, 0.6) is 0 Å². The fraction of sp³-hybridized carbons (Fsp3) is 0.333. The maximum absolute atomic E-state index is 9.12. The van der Waals surface area contributed by atoms with E-state index in [2.05, 4.69) is 39.2 Å². The molecule has 2 aromatic carbocycles. The second-order valence-electron chi connectivity index (χ2n) is 7.71. The highest BCUT2D eigenvalue weighted by molar-refractivity contribution is 5.84. The fourth-order valence-electron chi connectivity index (χ4n) is 4.12. The molecule has 1 saturated heterocycles. The number of nitriles is 1. The van der Waals surface area contributed by atoms with Gasteiger partial charge in [-0.25, -0.2) is 0 Å². The van der Waals surface area contributed by atoms with Crippen LogP contribution in [0.15, 0.2) is 48.7 Å². The molecule has 0 spiro atoms. The Hall–Kier alpha value is -3.10. The molecule has 5 nitrogen and oxygen atoms in total. The van der Waals surface area contributed by atoms with Gasteiger partial charge in [0, 0.05) is 55.2 Å². The van der Waals surface area contributed by atoms with Crippen LogP contribution in [0.2, 0.25) is 0 Å². The highest BCUT2D eigenvalue weighted by atomic mass is 15.3. The summed E-state index contributed by atoms with van der Waals surface area (Å²) in [4.78, 5) is 8.31. The van der Waals surface area contributed by atoms with Gasteiger partial charge in [0.2, 0.25) is 0 Å². The number of aromatic nitrogens is 1. The molecule has 0 radical (unpaired) electrons. The van der Waals surface area contributed by atoms with Crippen molar-refractivity contribution in [3.05, 3.63) is 65.4 Å². The van der Waals surface area contributed by atoms with E-state index in [0.717, 1.165) is 62.2 Å². The zero-order valence-electron chi connectivity index (χ0n) is 16.7. The van der Waals surface area contributed by atoms with Gasteiger partial charge in [0.1, 0.15) is 0 Å². The zero-order valence-corrected chi connectivity index (χ0v) is 16.7. The van der Waals surface area contributed by atoms with Crippen molar-refractivity contribution >= 4 is 22.8 Å². The Morgan fingerprint density at radius 1 is 1.03 bits per heavy atom. The number of fused-ring (bicyclic) bond motifs is 1. The van der Waals surface area contributed by atoms with Crippen molar-refractivity contribution in [1.29, 1.82) is 10.7 Å². The molecule has 0 atom stereocenters. The Kier molecular flexibility index (Phi) is 5.92. The Morgan fingerprint density at radius 2 is 1.83 bits per heavy atom. The van der Waals surface area contributed by atoms with Gasteiger partial charge in [-0.15, -0.1) is 0 Å². The minimum absolute atomic E-state index is 0.726. The van der Waals surface area contributed by atoms with E-state index in [-0.39, 0.29) is 0 Å². The maximum atomic E-state index is 9.12. The Morgan fingerprint density at radius 3 is 2.55 bits per heavy atom. The Labute approximate surface area is 172 Å². The molecule has 148 valence electrons. The summed E-state index contributed by atoms with van der Waals surface area (Å²) < 4.78 is 0. The van der Waals surface area contributed by atoms with Crippen LogP contribution in [-0.2, 0) is 6.42 Å². The molecule has 2 N–H and O–H groups in total. The largest absolute Gasteiger partial charge is 0.369 e. The van der Waals surface area contributed by atoms with Gasteiger partial charge >= 0.3 is 0 Å². The smallest absolute Gasteiger partial charge is 0.0991 e. The van der Waals surface area contributed by atoms with Crippen LogP contribution in [0.3, 0.4) is 0 Å². The maximum Gasteiger partial charge on any atom is 0.0991 e. The standard InChI is InChI=1S/C24H27N5/c25-16-19-4-7-22(8-5-19)29-13-11-28(12-14-29)10-2-1-3-21-18-27-24-9-6-20(17-26)15-23(21)24/h4-9,15-16,18,25,27H,1-3,10-14H2. The lowest BCUT2D eigenvalue weighted by Crippen LogP contribution is -2.46. The molecule has 29 heavy (non-hydrogen) atoms. The third kappa shape index (κ3) is 4.49. The molecule has 0 saturated carbocycles. The van der Waals surface area contributed by atoms with Crippen LogP contribution in [0.25, 0.3) is 10.9 Å². The van der Waals surface area contributed by atoms with E-state index in [0.29, 0.717) is 0 Å². The molecule has 0 unspecified atom stereocenters. The van der Waals surface area contributed by atoms with E-state index >= 15 is 0 Å². The number of hydrogen-bond donors (Lipinski definition) is 2. The van der Waals surface area contributed by atoms with E-state index in [1.54, 1.807) is 0 Å². The van der Waals surface area contributed by atoms with E-state index in [4.69, 9.17) is 10.7 Å². The van der Waals surface area contributed by atoms with E-state index in [9.17, 15) is 0 Å². The SMILES string of the molecule is N#Cc1ccc2[nH]cc(CCCCN3CCN(c4ccc(C=N)cc4)CC3)c2c1. The Balaban J connectivity index is 1.22. The van der Waals surface area contributed by atoms with Gasteiger partial charge in [-0.2, -0.15) is 5.26 Å². The summed E-state index contributed by atoms with van der Waals surface area (Å²) in [6.07, 6.45) is 6.89. The molecule has 1 aliphatic heterocycles. The molecule has 0 aliphatic carbocycles. The molecule has 2 heterocycles. The average Bonchev–Trinajstić information content (AvgIpc) is 3.19. The average molecular weight is 386 g/mol. The van der Waals surface area contributed by atoms with Crippen molar-refractivity contribution in [3.8, 4) is 6.07 Å². The Bertz CT molecular complexity index is 1000. The van der Waals surface area contributed by atoms with Gasteiger partial charge in [0.15, 0.2) is 0 Å². The van der Waals surface area contributed by atoms with Crippen molar-refractivity contribution in [2.24, 2.45) is 0 Å².